The molecule has 15 aromatic rings. The lowest BCUT2D eigenvalue weighted by Crippen LogP contribution is -2.64. The molecule has 0 amide bonds. The second kappa shape index (κ2) is 26.3. The van der Waals surface area contributed by atoms with Crippen LogP contribution >= 0.6 is 0 Å². The Kier molecular flexibility index (Phi) is 16.4. The van der Waals surface area contributed by atoms with Crippen LogP contribution < -0.4 is 52.2 Å². The standard InChI is InChI=1S/C109H95B2N3O/c1-105(2,3)75-55-72(56-76(61-75)106(4,5)6)73-57-95-101-96(58-73)114(104-85(70-41-24-17-25-42-70)64-78(108(10,11)12)65-86(104)71-43-26-18-27-44-71)94-67-98-91(66-90(94)110(101)89-52-33-35-54-93(89)113(95)103-83(68-37-20-15-21-38-68)62-77(107(7,8)9)63-84(103)69-39-22-16-23-40-69)111-88-51-32-34-53-92(88)112(79-45-28-19-29-46-79)97-59-74(60-99(115-98)102(97)111)80-48-36-49-82-81-47-30-31-50-87(81)109(13,14)100(80)82/h15-67H,1-14H3. The summed E-state index contributed by atoms with van der Waals surface area (Å²) in [5.74, 6) is 1.69. The van der Waals surface area contributed by atoms with Crippen molar-refractivity contribution < 1.29 is 4.74 Å². The minimum absolute atomic E-state index is 0.172. The van der Waals surface area contributed by atoms with E-state index in [1.165, 1.54) is 88.6 Å². The van der Waals surface area contributed by atoms with Crippen molar-refractivity contribution in [2.45, 2.75) is 124 Å². The smallest absolute Gasteiger partial charge is 0.256 e. The average Bonchev–Trinajstić information content (AvgIpc) is 1.32. The highest BCUT2D eigenvalue weighted by Gasteiger charge is 2.50. The van der Waals surface area contributed by atoms with Crippen LogP contribution in [0.25, 0.3) is 77.9 Å². The zero-order chi connectivity index (χ0) is 78.9. The minimum atomic E-state index is -0.298. The number of anilines is 9. The SMILES string of the molecule is CC(C)(C)c1cc(-c2cc3c4c(c2)N(c2c(-c5ccccc5)cc(C(C)(C)C)cc2-c2ccccc2)c2cc5c(cc2B4c2ccccc2N3c2c(-c3ccccc3)cc(C(C)(C)C)cc2-c2ccccc2)B2c3ccccc3N(c3ccccc3)c3cc(-c4cccc6c4C(C)(C)c4ccccc4-6)cc(c32)O5)cc(C(C)(C)C)c1. The van der Waals surface area contributed by atoms with Crippen molar-refractivity contribution in [3.8, 4) is 89.4 Å². The summed E-state index contributed by atoms with van der Waals surface area (Å²) >= 11 is 0. The Hall–Kier alpha value is -12.4. The molecule has 4 aliphatic heterocycles. The van der Waals surface area contributed by atoms with E-state index in [1.807, 2.05) is 0 Å². The van der Waals surface area contributed by atoms with Gasteiger partial charge in [-0.15, -0.1) is 0 Å². The maximum Gasteiger partial charge on any atom is 0.256 e. The lowest BCUT2D eigenvalue weighted by molar-refractivity contribution is 0.488. The van der Waals surface area contributed by atoms with Crippen molar-refractivity contribution in [1.29, 1.82) is 0 Å². The molecule has 0 saturated carbocycles. The number of hydrogen-bond donors (Lipinski definition) is 0. The van der Waals surface area contributed by atoms with Crippen LogP contribution in [0.1, 0.15) is 130 Å². The highest BCUT2D eigenvalue weighted by Crippen LogP contribution is 2.58. The molecule has 0 N–H and O–H groups in total. The first-order chi connectivity index (χ1) is 55.3. The van der Waals surface area contributed by atoms with Gasteiger partial charge in [-0.1, -0.05) is 340 Å². The number of rotatable bonds is 9. The summed E-state index contributed by atoms with van der Waals surface area (Å²) in [7, 11) is 0. The molecule has 1 aliphatic carbocycles. The fourth-order valence-electron chi connectivity index (χ4n) is 19.5. The monoisotopic (exact) mass is 1480 g/mol. The molecule has 115 heavy (non-hydrogen) atoms. The van der Waals surface area contributed by atoms with Gasteiger partial charge in [-0.25, -0.2) is 0 Å². The third kappa shape index (κ3) is 11.6. The number of para-hydroxylation sites is 3. The zero-order valence-corrected chi connectivity index (χ0v) is 68.5. The number of ether oxygens (including phenoxy) is 1. The third-order valence-corrected chi connectivity index (χ3v) is 25.4. The van der Waals surface area contributed by atoms with Crippen molar-refractivity contribution >= 4 is 97.4 Å². The second-order valence-electron chi connectivity index (χ2n) is 37.2. The van der Waals surface area contributed by atoms with E-state index in [4.69, 9.17) is 4.74 Å². The van der Waals surface area contributed by atoms with Crippen molar-refractivity contribution in [1.82, 2.24) is 0 Å². The van der Waals surface area contributed by atoms with Gasteiger partial charge < -0.3 is 19.4 Å². The molecule has 0 unspecified atom stereocenters. The molecule has 15 aromatic carbocycles. The van der Waals surface area contributed by atoms with E-state index in [-0.39, 0.29) is 40.5 Å². The summed E-state index contributed by atoms with van der Waals surface area (Å²) in [5.41, 5.74) is 40.4. The van der Waals surface area contributed by atoms with Crippen LogP contribution in [-0.4, -0.2) is 13.4 Å². The molecule has 0 saturated heterocycles. The summed E-state index contributed by atoms with van der Waals surface area (Å²) in [6, 6.07) is 123. The van der Waals surface area contributed by atoms with Gasteiger partial charge in [0.05, 0.1) is 11.4 Å². The van der Waals surface area contributed by atoms with Crippen molar-refractivity contribution in [3.63, 3.8) is 0 Å². The Labute approximate surface area is 680 Å². The topological polar surface area (TPSA) is 19.0 Å². The highest BCUT2D eigenvalue weighted by atomic mass is 16.5. The Balaban J connectivity index is 0.953. The van der Waals surface area contributed by atoms with E-state index in [0.29, 0.717) is 0 Å². The molecule has 4 heterocycles. The first kappa shape index (κ1) is 71.7. The number of hydrogen-bond acceptors (Lipinski definition) is 4. The molecule has 6 heteroatoms. The zero-order valence-electron chi connectivity index (χ0n) is 68.5. The van der Waals surface area contributed by atoms with Gasteiger partial charge in [-0.2, -0.15) is 0 Å². The molecule has 0 atom stereocenters. The van der Waals surface area contributed by atoms with E-state index in [2.05, 4.69) is 433 Å². The van der Waals surface area contributed by atoms with Gasteiger partial charge in [-0.05, 0) is 216 Å². The van der Waals surface area contributed by atoms with E-state index >= 15 is 0 Å². The van der Waals surface area contributed by atoms with Gasteiger partial charge in [0.25, 0.3) is 13.4 Å². The predicted octanol–water partition coefficient (Wildman–Crippen LogP) is 25.7. The Morgan fingerprint density at radius 3 is 1.13 bits per heavy atom. The van der Waals surface area contributed by atoms with Crippen LogP contribution in [0.3, 0.4) is 0 Å². The van der Waals surface area contributed by atoms with Crippen molar-refractivity contribution in [2.75, 3.05) is 14.7 Å². The minimum Gasteiger partial charge on any atom is -0.458 e. The lowest BCUT2D eigenvalue weighted by Gasteiger charge is -2.47. The molecule has 0 spiro atoms. The molecule has 5 aliphatic rings. The van der Waals surface area contributed by atoms with E-state index in [9.17, 15) is 0 Å². The largest absolute Gasteiger partial charge is 0.458 e. The molecule has 20 rings (SSSR count). The lowest BCUT2D eigenvalue weighted by atomic mass is 9.30. The fourth-order valence-corrected chi connectivity index (χ4v) is 19.5. The summed E-state index contributed by atoms with van der Waals surface area (Å²) < 4.78 is 8.17. The molecule has 0 fully saturated rings. The molecule has 558 valence electrons. The predicted molar refractivity (Wildman–Crippen MR) is 491 cm³/mol. The first-order valence-corrected chi connectivity index (χ1v) is 41.2. The number of fused-ring (bicyclic) bond motifs is 11. The van der Waals surface area contributed by atoms with Crippen LogP contribution in [0, 0.1) is 0 Å². The molecule has 0 radical (unpaired) electrons. The number of nitrogens with zero attached hydrogens (tertiary/aromatic N) is 3. The van der Waals surface area contributed by atoms with Crippen LogP contribution in [-0.2, 0) is 27.1 Å². The van der Waals surface area contributed by atoms with Crippen LogP contribution in [0.2, 0.25) is 0 Å². The summed E-state index contributed by atoms with van der Waals surface area (Å²) in [6.45, 7) is 32.7. The third-order valence-electron chi connectivity index (χ3n) is 25.4. The first-order valence-electron chi connectivity index (χ1n) is 41.2. The maximum atomic E-state index is 8.17. The molecule has 0 aromatic heterocycles. The quantitative estimate of drug-likeness (QED) is 0.134. The van der Waals surface area contributed by atoms with Crippen LogP contribution in [0.15, 0.2) is 322 Å². The van der Waals surface area contributed by atoms with Gasteiger partial charge >= 0.3 is 0 Å². The van der Waals surface area contributed by atoms with Gasteiger partial charge in [-0.3, -0.25) is 0 Å². The summed E-state index contributed by atoms with van der Waals surface area (Å²) in [6.07, 6.45) is 0. The summed E-state index contributed by atoms with van der Waals surface area (Å²) in [5, 5.41) is 0. The number of benzene rings is 15. The highest BCUT2D eigenvalue weighted by molar-refractivity contribution is 7.02. The average molecular weight is 1480 g/mol. The van der Waals surface area contributed by atoms with Gasteiger partial charge in [0.2, 0.25) is 0 Å². The van der Waals surface area contributed by atoms with Crippen LogP contribution in [0.5, 0.6) is 11.5 Å². The molecular formula is C109H95B2N3O. The van der Waals surface area contributed by atoms with E-state index < -0.39 is 0 Å². The Morgan fingerprint density at radius 2 is 0.635 bits per heavy atom. The fraction of sp³-hybridized carbons (Fsp3) is 0.174. The second-order valence-corrected chi connectivity index (χ2v) is 37.2. The molecular weight excluding hydrogens is 1390 g/mol. The van der Waals surface area contributed by atoms with Crippen molar-refractivity contribution in [3.05, 3.63) is 355 Å². The Morgan fingerprint density at radius 1 is 0.252 bits per heavy atom. The van der Waals surface area contributed by atoms with Crippen LogP contribution in [0.4, 0.5) is 51.2 Å². The summed E-state index contributed by atoms with van der Waals surface area (Å²) in [4.78, 5) is 7.96. The molecule has 4 nitrogen and oxygen atoms in total. The Bertz CT molecular complexity index is 6300. The van der Waals surface area contributed by atoms with E-state index in [1.54, 1.807) is 0 Å². The van der Waals surface area contributed by atoms with E-state index in [0.717, 1.165) is 118 Å². The van der Waals surface area contributed by atoms with Gasteiger partial charge in [0.1, 0.15) is 11.5 Å². The van der Waals surface area contributed by atoms with Gasteiger partial charge in [0.15, 0.2) is 0 Å². The normalized spacial score (nSPS) is 14.1. The molecule has 0 bridgehead atoms. The maximum absolute atomic E-state index is 8.17. The van der Waals surface area contributed by atoms with Gasteiger partial charge in [0, 0.05) is 73.5 Å². The van der Waals surface area contributed by atoms with Crippen molar-refractivity contribution in [2.24, 2.45) is 0 Å².